The van der Waals surface area contributed by atoms with Crippen LogP contribution in [0.4, 0.5) is 0 Å². The first-order valence-corrected chi connectivity index (χ1v) is 8.91. The van der Waals surface area contributed by atoms with Gasteiger partial charge in [-0.3, -0.25) is 0 Å². The van der Waals surface area contributed by atoms with Crippen molar-refractivity contribution in [3.05, 3.63) is 29.8 Å². The molecule has 1 rings (SSSR count). The zero-order valence-electron chi connectivity index (χ0n) is 13.0. The van der Waals surface area contributed by atoms with Crippen LogP contribution in [0.1, 0.15) is 58.4 Å². The lowest BCUT2D eigenvalue weighted by Crippen LogP contribution is -2.24. The fourth-order valence-electron chi connectivity index (χ4n) is 2.00. The van der Waals surface area contributed by atoms with Crippen molar-refractivity contribution in [1.29, 1.82) is 0 Å². The number of hydrogen-bond acceptors (Lipinski definition) is 2. The lowest BCUT2D eigenvalue weighted by atomic mass is 10.0. The molecule has 0 aromatic heterocycles. The Kier molecular flexibility index (Phi) is 6.69. The molecule has 0 radical (unpaired) electrons. The van der Waals surface area contributed by atoms with Gasteiger partial charge >= 0.3 is 0 Å². The average molecular weight is 297 g/mol. The average Bonchev–Trinajstić information content (AvgIpc) is 2.38. The first kappa shape index (κ1) is 17.2. The molecular weight excluding hydrogens is 270 g/mol. The Bertz CT molecular complexity index is 490. The number of rotatable bonds is 8. The predicted molar refractivity (Wildman–Crippen MR) is 84.4 cm³/mol. The number of benzene rings is 1. The summed E-state index contributed by atoms with van der Waals surface area (Å²) in [5.74, 6) is 1.09. The van der Waals surface area contributed by atoms with Gasteiger partial charge in [0.05, 0.1) is 4.90 Å². The Labute approximate surface area is 123 Å². The van der Waals surface area contributed by atoms with Gasteiger partial charge in [0.25, 0.3) is 0 Å². The predicted octanol–water partition coefficient (Wildman–Crippen LogP) is 3.91. The molecule has 0 spiro atoms. The monoisotopic (exact) mass is 297 g/mol. The van der Waals surface area contributed by atoms with Gasteiger partial charge in [-0.15, -0.1) is 0 Å². The van der Waals surface area contributed by atoms with Crippen molar-refractivity contribution in [3.63, 3.8) is 0 Å². The van der Waals surface area contributed by atoms with Crippen molar-refractivity contribution in [3.8, 4) is 0 Å². The van der Waals surface area contributed by atoms with Crippen LogP contribution >= 0.6 is 0 Å². The Morgan fingerprint density at radius 3 is 2.10 bits per heavy atom. The number of sulfonamides is 1. The third kappa shape index (κ3) is 5.63. The van der Waals surface area contributed by atoms with Crippen LogP contribution in [0, 0.1) is 5.92 Å². The standard InChI is InChI=1S/C16H27NO2S/c1-13(2)7-5-6-12-17-20(18,19)16-10-8-15(9-11-16)14(3)4/h8-11,13-14,17H,5-7,12H2,1-4H3. The molecule has 0 bridgehead atoms. The molecule has 0 atom stereocenters. The van der Waals surface area contributed by atoms with Gasteiger partial charge in [0.1, 0.15) is 0 Å². The highest BCUT2D eigenvalue weighted by molar-refractivity contribution is 7.89. The molecule has 0 amide bonds. The van der Waals surface area contributed by atoms with Gasteiger partial charge in [-0.1, -0.05) is 52.7 Å². The molecule has 4 heteroatoms. The maximum absolute atomic E-state index is 12.1. The molecule has 1 N–H and O–H groups in total. The third-order valence-electron chi connectivity index (χ3n) is 3.36. The fourth-order valence-corrected chi connectivity index (χ4v) is 3.07. The van der Waals surface area contributed by atoms with E-state index in [0.717, 1.165) is 24.8 Å². The van der Waals surface area contributed by atoms with E-state index in [4.69, 9.17) is 0 Å². The Balaban J connectivity index is 2.52. The van der Waals surface area contributed by atoms with E-state index < -0.39 is 10.0 Å². The fraction of sp³-hybridized carbons (Fsp3) is 0.625. The summed E-state index contributed by atoms with van der Waals surface area (Å²) < 4.78 is 26.9. The molecule has 0 saturated heterocycles. The second kappa shape index (κ2) is 7.79. The highest BCUT2D eigenvalue weighted by Crippen LogP contribution is 2.17. The SMILES string of the molecule is CC(C)CCCCNS(=O)(=O)c1ccc(C(C)C)cc1. The molecule has 1 aromatic carbocycles. The van der Waals surface area contributed by atoms with Crippen LogP contribution in [-0.4, -0.2) is 15.0 Å². The second-order valence-corrected chi connectivity index (χ2v) is 7.78. The zero-order chi connectivity index (χ0) is 15.2. The first-order chi connectivity index (χ1) is 9.33. The Morgan fingerprint density at radius 2 is 1.60 bits per heavy atom. The molecule has 0 aliphatic rings. The summed E-state index contributed by atoms with van der Waals surface area (Å²) in [6.07, 6.45) is 3.10. The zero-order valence-corrected chi connectivity index (χ0v) is 13.8. The van der Waals surface area contributed by atoms with Crippen LogP contribution in [0.3, 0.4) is 0 Å². The first-order valence-electron chi connectivity index (χ1n) is 7.42. The van der Waals surface area contributed by atoms with Gasteiger partial charge in [-0.05, 0) is 36.0 Å². The van der Waals surface area contributed by atoms with Gasteiger partial charge in [0, 0.05) is 6.54 Å². The van der Waals surface area contributed by atoms with Crippen LogP contribution < -0.4 is 4.72 Å². The van der Waals surface area contributed by atoms with E-state index in [2.05, 4.69) is 32.4 Å². The van der Waals surface area contributed by atoms with Crippen LogP contribution in [0.25, 0.3) is 0 Å². The summed E-state index contributed by atoms with van der Waals surface area (Å²) in [5.41, 5.74) is 1.15. The summed E-state index contributed by atoms with van der Waals surface area (Å²) >= 11 is 0. The van der Waals surface area contributed by atoms with Crippen molar-refractivity contribution in [1.82, 2.24) is 4.72 Å². The summed E-state index contributed by atoms with van der Waals surface area (Å²) in [7, 11) is -3.35. The van der Waals surface area contributed by atoms with E-state index in [0.29, 0.717) is 23.3 Å². The van der Waals surface area contributed by atoms with Crippen LogP contribution in [0.15, 0.2) is 29.2 Å². The smallest absolute Gasteiger partial charge is 0.211 e. The van der Waals surface area contributed by atoms with Crippen LogP contribution in [0.2, 0.25) is 0 Å². The summed E-state index contributed by atoms with van der Waals surface area (Å²) in [4.78, 5) is 0.353. The van der Waals surface area contributed by atoms with Gasteiger partial charge < -0.3 is 0 Å². The molecule has 1 aromatic rings. The van der Waals surface area contributed by atoms with E-state index in [1.54, 1.807) is 12.1 Å². The van der Waals surface area contributed by atoms with Crippen molar-refractivity contribution < 1.29 is 8.42 Å². The second-order valence-electron chi connectivity index (χ2n) is 6.01. The largest absolute Gasteiger partial charge is 0.240 e. The lowest BCUT2D eigenvalue weighted by Gasteiger charge is -2.09. The molecule has 0 aliphatic heterocycles. The highest BCUT2D eigenvalue weighted by Gasteiger charge is 2.13. The molecule has 0 heterocycles. The van der Waals surface area contributed by atoms with Gasteiger partial charge in [0.15, 0.2) is 0 Å². The maximum Gasteiger partial charge on any atom is 0.240 e. The van der Waals surface area contributed by atoms with E-state index in [1.165, 1.54) is 0 Å². The summed E-state index contributed by atoms with van der Waals surface area (Å²) in [6.45, 7) is 9.06. The Hall–Kier alpha value is -0.870. The normalized spacial score (nSPS) is 12.3. The van der Waals surface area contributed by atoms with Crippen molar-refractivity contribution in [2.45, 2.75) is 57.8 Å². The molecular formula is C16H27NO2S. The summed E-state index contributed by atoms with van der Waals surface area (Å²) in [6, 6.07) is 7.15. The maximum atomic E-state index is 12.1. The topological polar surface area (TPSA) is 46.2 Å². The lowest BCUT2D eigenvalue weighted by molar-refractivity contribution is 0.530. The van der Waals surface area contributed by atoms with Crippen molar-refractivity contribution in [2.24, 2.45) is 5.92 Å². The Morgan fingerprint density at radius 1 is 1.00 bits per heavy atom. The quantitative estimate of drug-likeness (QED) is 0.739. The minimum Gasteiger partial charge on any atom is -0.211 e. The summed E-state index contributed by atoms with van der Waals surface area (Å²) in [5, 5.41) is 0. The third-order valence-corrected chi connectivity index (χ3v) is 4.83. The molecule has 114 valence electrons. The van der Waals surface area contributed by atoms with Crippen LogP contribution in [0.5, 0.6) is 0 Å². The van der Waals surface area contributed by atoms with Gasteiger partial charge in [-0.2, -0.15) is 0 Å². The van der Waals surface area contributed by atoms with Gasteiger partial charge in [-0.25, -0.2) is 13.1 Å². The van der Waals surface area contributed by atoms with E-state index >= 15 is 0 Å². The van der Waals surface area contributed by atoms with E-state index in [-0.39, 0.29) is 0 Å². The minimum atomic E-state index is -3.35. The molecule has 0 unspecified atom stereocenters. The highest BCUT2D eigenvalue weighted by atomic mass is 32.2. The number of unbranched alkanes of at least 4 members (excludes halogenated alkanes) is 1. The van der Waals surface area contributed by atoms with Crippen LogP contribution in [-0.2, 0) is 10.0 Å². The van der Waals surface area contributed by atoms with Gasteiger partial charge in [0.2, 0.25) is 10.0 Å². The van der Waals surface area contributed by atoms with Crippen molar-refractivity contribution >= 4 is 10.0 Å². The molecule has 0 fully saturated rings. The van der Waals surface area contributed by atoms with Crippen molar-refractivity contribution in [2.75, 3.05) is 6.54 Å². The molecule has 3 nitrogen and oxygen atoms in total. The number of nitrogens with one attached hydrogen (secondary N) is 1. The molecule has 0 saturated carbocycles. The molecule has 0 aliphatic carbocycles. The number of hydrogen-bond donors (Lipinski definition) is 1. The minimum absolute atomic E-state index is 0.353. The van der Waals surface area contributed by atoms with E-state index in [9.17, 15) is 8.42 Å². The molecule has 20 heavy (non-hydrogen) atoms. The van der Waals surface area contributed by atoms with E-state index in [1.807, 2.05) is 12.1 Å².